The van der Waals surface area contributed by atoms with Crippen LogP contribution in [0.4, 0.5) is 17.1 Å². The SMILES string of the molecule is CCN(CC(=O)Nc1cc(Cl)ccc1C)CC(=O)N1c2ccccc2NC(=O)CC1C. The van der Waals surface area contributed by atoms with Crippen molar-refractivity contribution in [3.05, 3.63) is 53.1 Å². The molecular formula is C23H27ClN4O3. The maximum Gasteiger partial charge on any atom is 0.241 e. The van der Waals surface area contributed by atoms with Crippen LogP contribution in [-0.2, 0) is 14.4 Å². The van der Waals surface area contributed by atoms with Crippen molar-refractivity contribution in [1.82, 2.24) is 4.90 Å². The van der Waals surface area contributed by atoms with E-state index in [1.165, 1.54) is 0 Å². The summed E-state index contributed by atoms with van der Waals surface area (Å²) in [5.74, 6) is -0.509. The standard InChI is InChI=1S/C23H27ClN4O3/c1-4-27(13-22(30)26-19-12-17(24)10-9-15(19)2)14-23(31)28-16(3)11-21(29)25-18-7-5-6-8-20(18)28/h5-10,12,16H,4,11,13-14H2,1-3H3,(H,25,29)(H,26,30). The summed E-state index contributed by atoms with van der Waals surface area (Å²) in [6.07, 6.45) is 0.209. The molecule has 7 nitrogen and oxygen atoms in total. The van der Waals surface area contributed by atoms with Crippen molar-refractivity contribution in [3.63, 3.8) is 0 Å². The van der Waals surface area contributed by atoms with E-state index in [9.17, 15) is 14.4 Å². The molecule has 8 heteroatoms. The molecule has 0 radical (unpaired) electrons. The number of nitrogens with zero attached hydrogens (tertiary/aromatic N) is 2. The van der Waals surface area contributed by atoms with Crippen molar-refractivity contribution in [2.24, 2.45) is 0 Å². The molecule has 1 aliphatic rings. The molecule has 2 aromatic carbocycles. The lowest BCUT2D eigenvalue weighted by atomic mass is 10.1. The van der Waals surface area contributed by atoms with Gasteiger partial charge >= 0.3 is 0 Å². The lowest BCUT2D eigenvalue weighted by Crippen LogP contribution is -2.46. The summed E-state index contributed by atoms with van der Waals surface area (Å²) in [5, 5.41) is 6.26. The Morgan fingerprint density at radius 1 is 1.23 bits per heavy atom. The quantitative estimate of drug-likeness (QED) is 0.715. The Balaban J connectivity index is 1.71. The number of hydrogen-bond acceptors (Lipinski definition) is 4. The summed E-state index contributed by atoms with van der Waals surface area (Å²) in [7, 11) is 0. The minimum absolute atomic E-state index is 0.0608. The number of para-hydroxylation sites is 2. The fourth-order valence-corrected chi connectivity index (χ4v) is 3.81. The third-order valence-corrected chi connectivity index (χ3v) is 5.51. The second-order valence-electron chi connectivity index (χ2n) is 7.69. The summed E-state index contributed by atoms with van der Waals surface area (Å²) in [5.41, 5.74) is 2.84. The molecule has 3 rings (SSSR count). The summed E-state index contributed by atoms with van der Waals surface area (Å²) in [4.78, 5) is 41.4. The normalized spacial score (nSPS) is 15.8. The molecule has 0 aliphatic carbocycles. The lowest BCUT2D eigenvalue weighted by Gasteiger charge is -2.30. The molecule has 164 valence electrons. The lowest BCUT2D eigenvalue weighted by molar-refractivity contribution is -0.121. The van der Waals surface area contributed by atoms with Gasteiger partial charge < -0.3 is 15.5 Å². The highest BCUT2D eigenvalue weighted by Crippen LogP contribution is 2.31. The minimum atomic E-state index is -0.294. The summed E-state index contributed by atoms with van der Waals surface area (Å²) < 4.78 is 0. The third kappa shape index (κ3) is 5.62. The Labute approximate surface area is 187 Å². The molecule has 0 saturated carbocycles. The largest absolute Gasteiger partial charge is 0.325 e. The molecular weight excluding hydrogens is 416 g/mol. The van der Waals surface area contributed by atoms with Gasteiger partial charge in [-0.15, -0.1) is 0 Å². The molecule has 1 aliphatic heterocycles. The number of carbonyl (C=O) groups excluding carboxylic acids is 3. The number of amides is 3. The second kappa shape index (κ2) is 9.94. The molecule has 2 aromatic rings. The number of benzene rings is 2. The number of carbonyl (C=O) groups is 3. The van der Waals surface area contributed by atoms with Gasteiger partial charge in [0.2, 0.25) is 17.7 Å². The van der Waals surface area contributed by atoms with Crippen molar-refractivity contribution in [3.8, 4) is 0 Å². The third-order valence-electron chi connectivity index (χ3n) is 5.27. The number of aryl methyl sites for hydroxylation is 1. The van der Waals surface area contributed by atoms with Gasteiger partial charge in [-0.1, -0.05) is 36.7 Å². The van der Waals surface area contributed by atoms with E-state index in [0.29, 0.717) is 28.6 Å². The van der Waals surface area contributed by atoms with Crippen LogP contribution in [0.5, 0.6) is 0 Å². The van der Waals surface area contributed by atoms with Gasteiger partial charge in [-0.2, -0.15) is 0 Å². The minimum Gasteiger partial charge on any atom is -0.325 e. The van der Waals surface area contributed by atoms with Crippen LogP contribution in [0.15, 0.2) is 42.5 Å². The van der Waals surface area contributed by atoms with Crippen LogP contribution >= 0.6 is 11.6 Å². The molecule has 3 amide bonds. The fraction of sp³-hybridized carbons (Fsp3) is 0.348. The topological polar surface area (TPSA) is 81.8 Å². The Morgan fingerprint density at radius 2 is 1.97 bits per heavy atom. The van der Waals surface area contributed by atoms with Crippen LogP contribution in [0.3, 0.4) is 0 Å². The number of hydrogen-bond donors (Lipinski definition) is 2. The van der Waals surface area contributed by atoms with E-state index in [4.69, 9.17) is 11.6 Å². The first kappa shape index (κ1) is 22.8. The monoisotopic (exact) mass is 442 g/mol. The molecule has 1 unspecified atom stereocenters. The smallest absolute Gasteiger partial charge is 0.241 e. The number of anilines is 3. The van der Waals surface area contributed by atoms with Gasteiger partial charge in [0, 0.05) is 23.2 Å². The van der Waals surface area contributed by atoms with E-state index < -0.39 is 0 Å². The molecule has 2 N–H and O–H groups in total. The van der Waals surface area contributed by atoms with Gasteiger partial charge in [0.25, 0.3) is 0 Å². The molecule has 0 bridgehead atoms. The van der Waals surface area contributed by atoms with E-state index in [0.717, 1.165) is 5.56 Å². The Bertz CT molecular complexity index is 995. The number of halogens is 1. The predicted molar refractivity (Wildman–Crippen MR) is 124 cm³/mol. The van der Waals surface area contributed by atoms with Crippen LogP contribution in [0.25, 0.3) is 0 Å². The van der Waals surface area contributed by atoms with Crippen molar-refractivity contribution in [2.75, 3.05) is 35.2 Å². The van der Waals surface area contributed by atoms with E-state index in [1.54, 1.807) is 28.0 Å². The van der Waals surface area contributed by atoms with Crippen molar-refractivity contribution in [1.29, 1.82) is 0 Å². The van der Waals surface area contributed by atoms with Crippen LogP contribution in [0.2, 0.25) is 5.02 Å². The van der Waals surface area contributed by atoms with Crippen LogP contribution < -0.4 is 15.5 Å². The zero-order valence-corrected chi connectivity index (χ0v) is 18.7. The second-order valence-corrected chi connectivity index (χ2v) is 8.13. The van der Waals surface area contributed by atoms with Gasteiger partial charge in [0.15, 0.2) is 0 Å². The van der Waals surface area contributed by atoms with Gasteiger partial charge in [-0.3, -0.25) is 19.3 Å². The summed E-state index contributed by atoms with van der Waals surface area (Å²) in [6, 6.07) is 12.3. The summed E-state index contributed by atoms with van der Waals surface area (Å²) in [6.45, 7) is 6.29. The van der Waals surface area contributed by atoms with Crippen molar-refractivity contribution >= 4 is 46.4 Å². The molecule has 31 heavy (non-hydrogen) atoms. The van der Waals surface area contributed by atoms with Crippen LogP contribution in [0, 0.1) is 6.92 Å². The van der Waals surface area contributed by atoms with Crippen LogP contribution in [0.1, 0.15) is 25.8 Å². The van der Waals surface area contributed by atoms with Crippen LogP contribution in [-0.4, -0.2) is 48.3 Å². The van der Waals surface area contributed by atoms with E-state index in [2.05, 4.69) is 10.6 Å². The number of rotatable bonds is 6. The molecule has 0 aromatic heterocycles. The maximum absolute atomic E-state index is 13.2. The number of nitrogens with one attached hydrogen (secondary N) is 2. The predicted octanol–water partition coefficient (Wildman–Crippen LogP) is 3.67. The average Bonchev–Trinajstić information content (AvgIpc) is 2.84. The summed E-state index contributed by atoms with van der Waals surface area (Å²) >= 11 is 6.03. The first-order chi connectivity index (χ1) is 14.8. The first-order valence-electron chi connectivity index (χ1n) is 10.3. The Hall–Kier alpha value is -2.90. The molecule has 1 heterocycles. The highest BCUT2D eigenvalue weighted by atomic mass is 35.5. The van der Waals surface area contributed by atoms with Gasteiger partial charge in [0.1, 0.15) is 0 Å². The van der Waals surface area contributed by atoms with Crippen molar-refractivity contribution < 1.29 is 14.4 Å². The molecule has 1 atom stereocenters. The fourth-order valence-electron chi connectivity index (χ4n) is 3.64. The van der Waals surface area contributed by atoms with Crippen molar-refractivity contribution in [2.45, 2.75) is 33.2 Å². The number of likely N-dealkylation sites (N-methyl/N-ethyl adjacent to an activating group) is 1. The van der Waals surface area contributed by atoms with E-state index in [-0.39, 0.29) is 43.3 Å². The Morgan fingerprint density at radius 3 is 2.71 bits per heavy atom. The zero-order chi connectivity index (χ0) is 22.5. The number of fused-ring (bicyclic) bond motifs is 1. The highest BCUT2D eigenvalue weighted by Gasteiger charge is 2.30. The molecule has 0 spiro atoms. The first-order valence-corrected chi connectivity index (χ1v) is 10.7. The van der Waals surface area contributed by atoms with E-state index >= 15 is 0 Å². The Kier molecular flexibility index (Phi) is 7.30. The zero-order valence-electron chi connectivity index (χ0n) is 17.9. The molecule has 0 saturated heterocycles. The van der Waals surface area contributed by atoms with Gasteiger partial charge in [0.05, 0.1) is 24.5 Å². The van der Waals surface area contributed by atoms with Gasteiger partial charge in [-0.05, 0) is 50.2 Å². The maximum atomic E-state index is 13.2. The highest BCUT2D eigenvalue weighted by molar-refractivity contribution is 6.31. The molecule has 0 fully saturated rings. The van der Waals surface area contributed by atoms with Gasteiger partial charge in [-0.25, -0.2) is 0 Å². The van der Waals surface area contributed by atoms with E-state index in [1.807, 2.05) is 45.0 Å². The average molecular weight is 443 g/mol.